The lowest BCUT2D eigenvalue weighted by molar-refractivity contribution is -0.137. The van der Waals surface area contributed by atoms with Crippen LogP contribution in [0.4, 0.5) is 18.9 Å². The van der Waals surface area contributed by atoms with Gasteiger partial charge in [-0.15, -0.1) is 0 Å². The fourth-order valence-electron chi connectivity index (χ4n) is 4.21. The molecule has 9 heteroatoms. The van der Waals surface area contributed by atoms with Gasteiger partial charge in [-0.3, -0.25) is 4.79 Å². The van der Waals surface area contributed by atoms with E-state index >= 15 is 0 Å². The molecule has 0 fully saturated rings. The van der Waals surface area contributed by atoms with Crippen LogP contribution in [0, 0.1) is 13.8 Å². The molecule has 1 heterocycles. The molecule has 196 valence electrons. The van der Waals surface area contributed by atoms with Crippen molar-refractivity contribution in [3.05, 3.63) is 113 Å². The number of hydrogen-bond donors (Lipinski definition) is 1. The van der Waals surface area contributed by atoms with Crippen LogP contribution in [-0.2, 0) is 17.5 Å². The minimum Gasteiger partial charge on any atom is -0.489 e. The SMILES string of the molecule is COC(=O)c1cccc(COc2cccc(NC(=O)c3cc(C)n(-c4ccccc4C(F)(F)F)c3C)c2)c1. The summed E-state index contributed by atoms with van der Waals surface area (Å²) in [5, 5.41) is 2.79. The quantitative estimate of drug-likeness (QED) is 0.273. The van der Waals surface area contributed by atoms with E-state index in [1.165, 1.54) is 29.9 Å². The maximum Gasteiger partial charge on any atom is 0.418 e. The molecule has 0 aliphatic carbocycles. The number of ether oxygens (including phenoxy) is 2. The van der Waals surface area contributed by atoms with E-state index in [0.29, 0.717) is 28.4 Å². The molecule has 1 aromatic heterocycles. The molecule has 0 radical (unpaired) electrons. The smallest absolute Gasteiger partial charge is 0.418 e. The molecule has 0 saturated heterocycles. The van der Waals surface area contributed by atoms with E-state index in [9.17, 15) is 22.8 Å². The number of aromatic nitrogens is 1. The largest absolute Gasteiger partial charge is 0.489 e. The van der Waals surface area contributed by atoms with Crippen LogP contribution in [-0.4, -0.2) is 23.6 Å². The molecular formula is C29H25F3N2O4. The molecule has 1 N–H and O–H groups in total. The first-order valence-corrected chi connectivity index (χ1v) is 11.7. The highest BCUT2D eigenvalue weighted by atomic mass is 19.4. The second kappa shape index (κ2) is 10.8. The number of methoxy groups -OCH3 is 1. The first kappa shape index (κ1) is 26.5. The van der Waals surface area contributed by atoms with Gasteiger partial charge in [-0.1, -0.05) is 30.3 Å². The van der Waals surface area contributed by atoms with Crippen LogP contribution in [0.2, 0.25) is 0 Å². The number of nitrogens with zero attached hydrogens (tertiary/aromatic N) is 1. The summed E-state index contributed by atoms with van der Waals surface area (Å²) < 4.78 is 52.8. The first-order valence-electron chi connectivity index (χ1n) is 11.7. The number of hydrogen-bond acceptors (Lipinski definition) is 4. The van der Waals surface area contributed by atoms with Gasteiger partial charge in [-0.05, 0) is 61.9 Å². The number of esters is 1. The van der Waals surface area contributed by atoms with Crippen molar-refractivity contribution in [2.24, 2.45) is 0 Å². The minimum atomic E-state index is -4.54. The van der Waals surface area contributed by atoms with E-state index in [1.807, 2.05) is 6.07 Å². The number of amides is 1. The molecule has 0 atom stereocenters. The summed E-state index contributed by atoms with van der Waals surface area (Å²) in [5.74, 6) is -0.426. The molecule has 4 aromatic rings. The number of carbonyl (C=O) groups excluding carboxylic acids is 2. The van der Waals surface area contributed by atoms with E-state index in [-0.39, 0.29) is 17.9 Å². The van der Waals surface area contributed by atoms with E-state index < -0.39 is 23.6 Å². The van der Waals surface area contributed by atoms with Gasteiger partial charge < -0.3 is 19.4 Å². The highest BCUT2D eigenvalue weighted by Gasteiger charge is 2.34. The fraction of sp³-hybridized carbons (Fsp3) is 0.172. The van der Waals surface area contributed by atoms with Gasteiger partial charge in [-0.25, -0.2) is 4.79 Å². The molecule has 0 aliphatic rings. The highest BCUT2D eigenvalue weighted by molar-refractivity contribution is 6.05. The topological polar surface area (TPSA) is 69.6 Å². The molecular weight excluding hydrogens is 497 g/mol. The van der Waals surface area contributed by atoms with Crippen molar-refractivity contribution in [3.8, 4) is 11.4 Å². The Kier molecular flexibility index (Phi) is 7.57. The van der Waals surface area contributed by atoms with Gasteiger partial charge in [0, 0.05) is 23.1 Å². The Bertz CT molecular complexity index is 1490. The van der Waals surface area contributed by atoms with E-state index in [4.69, 9.17) is 9.47 Å². The standard InChI is InChI=1S/C29H25F3N2O4/c1-18-14-24(19(2)34(18)26-13-5-4-12-25(26)29(30,31)32)27(35)33-22-10-7-11-23(16-22)38-17-20-8-6-9-21(15-20)28(36)37-3/h4-16H,17H2,1-3H3,(H,33,35). The molecule has 0 saturated carbocycles. The van der Waals surface area contributed by atoms with E-state index in [1.54, 1.807) is 62.4 Å². The van der Waals surface area contributed by atoms with Crippen molar-refractivity contribution in [2.45, 2.75) is 26.6 Å². The highest BCUT2D eigenvalue weighted by Crippen LogP contribution is 2.35. The van der Waals surface area contributed by atoms with Crippen LogP contribution in [0.1, 0.15) is 43.2 Å². The molecule has 0 unspecified atom stereocenters. The first-order chi connectivity index (χ1) is 18.1. The summed E-state index contributed by atoms with van der Waals surface area (Å²) in [6.07, 6.45) is -4.54. The third-order valence-electron chi connectivity index (χ3n) is 5.97. The lowest BCUT2D eigenvalue weighted by Gasteiger charge is -2.17. The number of nitrogens with one attached hydrogen (secondary N) is 1. The summed E-state index contributed by atoms with van der Waals surface area (Å²) in [6, 6.07) is 20.4. The third kappa shape index (κ3) is 5.72. The predicted molar refractivity (Wildman–Crippen MR) is 137 cm³/mol. The minimum absolute atomic E-state index is 0.0410. The number of benzene rings is 3. The molecule has 4 rings (SSSR count). The number of halogens is 3. The molecule has 38 heavy (non-hydrogen) atoms. The monoisotopic (exact) mass is 522 g/mol. The van der Waals surface area contributed by atoms with Gasteiger partial charge in [0.25, 0.3) is 5.91 Å². The Labute approximate surface area is 217 Å². The number of rotatable bonds is 7. The normalized spacial score (nSPS) is 11.2. The number of alkyl halides is 3. The molecule has 0 bridgehead atoms. The van der Waals surface area contributed by atoms with Gasteiger partial charge in [0.05, 0.1) is 29.5 Å². The zero-order valence-corrected chi connectivity index (χ0v) is 20.9. The number of para-hydroxylation sites is 1. The third-order valence-corrected chi connectivity index (χ3v) is 5.97. The second-order valence-corrected chi connectivity index (χ2v) is 8.60. The maximum atomic E-state index is 13.6. The molecule has 0 spiro atoms. The van der Waals surface area contributed by atoms with Crippen LogP contribution in [0.15, 0.2) is 78.9 Å². The van der Waals surface area contributed by atoms with Crippen LogP contribution in [0.5, 0.6) is 5.75 Å². The maximum absolute atomic E-state index is 13.6. The molecule has 6 nitrogen and oxygen atoms in total. The average molecular weight is 523 g/mol. The van der Waals surface area contributed by atoms with Crippen molar-refractivity contribution in [1.82, 2.24) is 4.57 Å². The van der Waals surface area contributed by atoms with Crippen molar-refractivity contribution >= 4 is 17.6 Å². The van der Waals surface area contributed by atoms with Crippen molar-refractivity contribution < 1.29 is 32.2 Å². The van der Waals surface area contributed by atoms with Gasteiger partial charge in [0.2, 0.25) is 0 Å². The van der Waals surface area contributed by atoms with Gasteiger partial charge in [0.1, 0.15) is 12.4 Å². The van der Waals surface area contributed by atoms with E-state index in [0.717, 1.165) is 11.6 Å². The van der Waals surface area contributed by atoms with Gasteiger partial charge in [0.15, 0.2) is 0 Å². The van der Waals surface area contributed by atoms with Gasteiger partial charge >= 0.3 is 12.1 Å². The van der Waals surface area contributed by atoms with Crippen LogP contribution >= 0.6 is 0 Å². The zero-order chi connectivity index (χ0) is 27.4. The Hall–Kier alpha value is -4.53. The Morgan fingerprint density at radius 1 is 0.921 bits per heavy atom. The summed E-state index contributed by atoms with van der Waals surface area (Å²) in [5.41, 5.74) is 1.93. The van der Waals surface area contributed by atoms with Crippen LogP contribution in [0.25, 0.3) is 5.69 Å². The van der Waals surface area contributed by atoms with Crippen molar-refractivity contribution in [2.75, 3.05) is 12.4 Å². The van der Waals surface area contributed by atoms with E-state index in [2.05, 4.69) is 5.32 Å². The Morgan fingerprint density at radius 2 is 1.66 bits per heavy atom. The summed E-state index contributed by atoms with van der Waals surface area (Å²) in [6.45, 7) is 3.44. The second-order valence-electron chi connectivity index (χ2n) is 8.60. The summed E-state index contributed by atoms with van der Waals surface area (Å²) >= 11 is 0. The molecule has 3 aromatic carbocycles. The molecule has 1 amide bonds. The summed E-state index contributed by atoms with van der Waals surface area (Å²) in [7, 11) is 1.31. The zero-order valence-electron chi connectivity index (χ0n) is 20.9. The van der Waals surface area contributed by atoms with Crippen LogP contribution < -0.4 is 10.1 Å². The predicted octanol–water partition coefficient (Wildman–Crippen LogP) is 6.73. The van der Waals surface area contributed by atoms with Crippen molar-refractivity contribution in [1.29, 1.82) is 0 Å². The number of anilines is 1. The lowest BCUT2D eigenvalue weighted by atomic mass is 10.1. The lowest BCUT2D eigenvalue weighted by Crippen LogP contribution is -2.15. The Balaban J connectivity index is 1.51. The average Bonchev–Trinajstić information content (AvgIpc) is 3.20. The van der Waals surface area contributed by atoms with Gasteiger partial charge in [-0.2, -0.15) is 13.2 Å². The Morgan fingerprint density at radius 3 is 2.39 bits per heavy atom. The molecule has 0 aliphatic heterocycles. The fourth-order valence-corrected chi connectivity index (χ4v) is 4.21. The van der Waals surface area contributed by atoms with Crippen molar-refractivity contribution in [3.63, 3.8) is 0 Å². The number of aryl methyl sites for hydroxylation is 1. The van der Waals surface area contributed by atoms with Crippen LogP contribution in [0.3, 0.4) is 0 Å². The summed E-state index contributed by atoms with van der Waals surface area (Å²) in [4.78, 5) is 24.8. The number of carbonyl (C=O) groups is 2.